The number of carbonyl (C=O) groups is 1. The number of pyridine rings is 1. The summed E-state index contributed by atoms with van der Waals surface area (Å²) in [5.74, 6) is -0.258. The summed E-state index contributed by atoms with van der Waals surface area (Å²) in [5, 5.41) is 11.8. The van der Waals surface area contributed by atoms with E-state index >= 15 is 0 Å². The number of aromatic nitrogens is 1. The topological polar surface area (TPSA) is 56.5 Å². The summed E-state index contributed by atoms with van der Waals surface area (Å²) >= 11 is 0. The Labute approximate surface area is 129 Å². The maximum absolute atomic E-state index is 12.6. The summed E-state index contributed by atoms with van der Waals surface area (Å²) < 4.78 is 6.55. The van der Waals surface area contributed by atoms with E-state index in [-0.39, 0.29) is 23.8 Å². The number of carbonyl (C=O) groups excluding carboxylic acids is 1. The average molecular weight is 298 g/mol. The maximum atomic E-state index is 12.6. The third-order valence-corrected chi connectivity index (χ3v) is 3.76. The average Bonchev–Trinajstić information content (AvgIpc) is 2.55. The molecule has 1 aliphatic rings. The van der Waals surface area contributed by atoms with Crippen LogP contribution in [0.2, 0.25) is 0 Å². The zero-order valence-electron chi connectivity index (χ0n) is 12.4. The molecule has 3 rings (SSSR count). The molecule has 1 amide bonds. The Kier molecular flexibility index (Phi) is 4.06. The van der Waals surface area contributed by atoms with Crippen molar-refractivity contribution in [3.05, 3.63) is 71.2 Å². The van der Waals surface area contributed by atoms with Crippen LogP contribution in [0.1, 0.15) is 29.1 Å². The third-order valence-electron chi connectivity index (χ3n) is 3.76. The van der Waals surface area contributed by atoms with E-state index < -0.39 is 0 Å². The van der Waals surface area contributed by atoms with Gasteiger partial charge in [0.1, 0.15) is 6.10 Å². The van der Waals surface area contributed by atoms with Crippen LogP contribution in [-0.4, -0.2) is 30.0 Å². The number of ether oxygens (including phenoxy) is 1. The summed E-state index contributed by atoms with van der Waals surface area (Å²) in [6.45, 7) is 2.87. The van der Waals surface area contributed by atoms with Gasteiger partial charge in [0.05, 0.1) is 12.6 Å². The van der Waals surface area contributed by atoms with Crippen LogP contribution in [0.4, 0.5) is 0 Å². The minimum Gasteiger partial charge on any atom is -0.618 e. The van der Waals surface area contributed by atoms with E-state index in [0.29, 0.717) is 17.8 Å². The first kappa shape index (κ1) is 14.5. The van der Waals surface area contributed by atoms with E-state index in [4.69, 9.17) is 4.74 Å². The van der Waals surface area contributed by atoms with Gasteiger partial charge in [-0.15, -0.1) is 0 Å². The monoisotopic (exact) mass is 298 g/mol. The number of nitrogens with zero attached hydrogens (tertiary/aromatic N) is 2. The molecule has 5 nitrogen and oxygen atoms in total. The van der Waals surface area contributed by atoms with Crippen molar-refractivity contribution in [2.24, 2.45) is 0 Å². The Morgan fingerprint density at radius 3 is 2.64 bits per heavy atom. The van der Waals surface area contributed by atoms with Gasteiger partial charge < -0.3 is 14.8 Å². The lowest BCUT2D eigenvalue weighted by atomic mass is 10.1. The lowest BCUT2D eigenvalue weighted by molar-refractivity contribution is -0.608. The number of morpholine rings is 1. The summed E-state index contributed by atoms with van der Waals surface area (Å²) in [7, 11) is 0. The molecule has 0 saturated carbocycles. The smallest absolute Gasteiger partial charge is 0.320 e. The molecular formula is C17H18N2O3. The van der Waals surface area contributed by atoms with Crippen LogP contribution in [0.5, 0.6) is 0 Å². The second-order valence-electron chi connectivity index (χ2n) is 5.47. The molecule has 1 aliphatic heterocycles. The van der Waals surface area contributed by atoms with Crippen LogP contribution in [0.25, 0.3) is 0 Å². The third kappa shape index (κ3) is 2.94. The molecule has 1 aromatic heterocycles. The fraction of sp³-hybridized carbons (Fsp3) is 0.294. The summed E-state index contributed by atoms with van der Waals surface area (Å²) in [5.41, 5.74) is 1.18. The van der Waals surface area contributed by atoms with Crippen LogP contribution < -0.4 is 4.73 Å². The first-order valence-electron chi connectivity index (χ1n) is 7.33. The molecule has 0 N–H and O–H groups in total. The van der Waals surface area contributed by atoms with Crippen LogP contribution in [0.3, 0.4) is 0 Å². The fourth-order valence-electron chi connectivity index (χ4n) is 2.72. The minimum absolute atomic E-state index is 0.0771. The van der Waals surface area contributed by atoms with E-state index in [1.807, 2.05) is 37.3 Å². The first-order chi connectivity index (χ1) is 10.6. The molecule has 0 aliphatic carbocycles. The molecule has 5 heteroatoms. The van der Waals surface area contributed by atoms with E-state index in [0.717, 1.165) is 5.56 Å². The van der Waals surface area contributed by atoms with E-state index in [1.54, 1.807) is 23.1 Å². The predicted molar refractivity (Wildman–Crippen MR) is 81.0 cm³/mol. The Morgan fingerprint density at radius 1 is 1.18 bits per heavy atom. The van der Waals surface area contributed by atoms with Gasteiger partial charge in [0.25, 0.3) is 5.69 Å². The second kappa shape index (κ2) is 6.15. The van der Waals surface area contributed by atoms with Gasteiger partial charge in [-0.3, -0.25) is 4.79 Å². The van der Waals surface area contributed by atoms with Crippen molar-refractivity contribution in [1.82, 2.24) is 4.90 Å². The molecule has 0 bridgehead atoms. The molecule has 0 radical (unpaired) electrons. The van der Waals surface area contributed by atoms with E-state index in [2.05, 4.69) is 0 Å². The largest absolute Gasteiger partial charge is 0.618 e. The quantitative estimate of drug-likeness (QED) is 0.629. The maximum Gasteiger partial charge on any atom is 0.320 e. The molecule has 114 valence electrons. The van der Waals surface area contributed by atoms with Gasteiger partial charge in [-0.25, -0.2) is 0 Å². The lowest BCUT2D eigenvalue weighted by Crippen LogP contribution is -2.49. The number of benzene rings is 1. The Morgan fingerprint density at radius 2 is 1.91 bits per heavy atom. The van der Waals surface area contributed by atoms with Crippen molar-refractivity contribution in [2.75, 3.05) is 13.1 Å². The highest BCUT2D eigenvalue weighted by Gasteiger charge is 2.32. The highest BCUT2D eigenvalue weighted by atomic mass is 16.5. The number of rotatable bonds is 2. The normalized spacial score (nSPS) is 21.6. The summed E-state index contributed by atoms with van der Waals surface area (Å²) in [4.78, 5) is 14.3. The molecule has 1 fully saturated rings. The molecule has 2 atom stereocenters. The van der Waals surface area contributed by atoms with Gasteiger partial charge in [-0.2, -0.15) is 4.73 Å². The second-order valence-corrected chi connectivity index (χ2v) is 5.47. The Hall–Kier alpha value is -2.40. The first-order valence-corrected chi connectivity index (χ1v) is 7.33. The number of hydrogen-bond acceptors (Lipinski definition) is 3. The van der Waals surface area contributed by atoms with Crippen molar-refractivity contribution in [2.45, 2.75) is 19.1 Å². The zero-order valence-corrected chi connectivity index (χ0v) is 12.4. The van der Waals surface area contributed by atoms with Crippen LogP contribution in [-0.2, 0) is 4.74 Å². The number of hydrogen-bond donors (Lipinski definition) is 0. The van der Waals surface area contributed by atoms with E-state index in [9.17, 15) is 10.0 Å². The van der Waals surface area contributed by atoms with Crippen molar-refractivity contribution in [1.29, 1.82) is 0 Å². The lowest BCUT2D eigenvalue weighted by Gasteiger charge is -2.36. The molecule has 0 spiro atoms. The Balaban J connectivity index is 1.82. The predicted octanol–water partition coefficient (Wildman–Crippen LogP) is 1.92. The van der Waals surface area contributed by atoms with Gasteiger partial charge in [0, 0.05) is 18.7 Å². The minimum atomic E-state index is -0.258. The molecular weight excluding hydrogens is 280 g/mol. The molecule has 22 heavy (non-hydrogen) atoms. The van der Waals surface area contributed by atoms with Gasteiger partial charge in [-0.05, 0) is 18.6 Å². The van der Waals surface area contributed by atoms with Crippen LogP contribution >= 0.6 is 0 Å². The van der Waals surface area contributed by atoms with Crippen molar-refractivity contribution in [3.63, 3.8) is 0 Å². The highest BCUT2D eigenvalue weighted by Crippen LogP contribution is 2.25. The van der Waals surface area contributed by atoms with Crippen molar-refractivity contribution >= 4 is 5.91 Å². The molecule has 1 aromatic carbocycles. The van der Waals surface area contributed by atoms with Crippen molar-refractivity contribution < 1.29 is 14.3 Å². The van der Waals surface area contributed by atoms with E-state index in [1.165, 1.54) is 6.20 Å². The van der Waals surface area contributed by atoms with Crippen LogP contribution in [0.15, 0.2) is 54.7 Å². The summed E-state index contributed by atoms with van der Waals surface area (Å²) in [6.07, 6.45) is 1.09. The fourth-order valence-corrected chi connectivity index (χ4v) is 2.72. The van der Waals surface area contributed by atoms with Gasteiger partial charge in [-0.1, -0.05) is 30.3 Å². The zero-order chi connectivity index (χ0) is 15.5. The van der Waals surface area contributed by atoms with Gasteiger partial charge in [0.15, 0.2) is 6.20 Å². The molecule has 2 aromatic rings. The van der Waals surface area contributed by atoms with Crippen molar-refractivity contribution in [3.8, 4) is 0 Å². The molecule has 1 saturated heterocycles. The number of amides is 1. The summed E-state index contributed by atoms with van der Waals surface area (Å²) in [6, 6.07) is 14.7. The molecule has 2 heterocycles. The standard InChI is InChI=1S/C17H18N2O3/c1-13-11-18(17(20)15-9-5-6-10-19(15)21)12-16(22-13)14-7-3-2-4-8-14/h2-10,13,16H,11-12H2,1H3/t13-,16+/m1/s1. The van der Waals surface area contributed by atoms with Gasteiger partial charge >= 0.3 is 5.91 Å². The van der Waals surface area contributed by atoms with Gasteiger partial charge in [0.2, 0.25) is 0 Å². The Bertz CT molecular complexity index is 660. The van der Waals surface area contributed by atoms with Crippen LogP contribution in [0, 0.1) is 5.21 Å². The highest BCUT2D eigenvalue weighted by molar-refractivity contribution is 5.91. The molecule has 0 unspecified atom stereocenters. The SMILES string of the molecule is C[C@@H]1CN(C(=O)c2cccc[n+]2[O-])C[C@@H](c2ccccc2)O1.